The molecule has 0 unspecified atom stereocenters. The molecule has 31 heavy (non-hydrogen) atoms. The van der Waals surface area contributed by atoms with E-state index in [0.29, 0.717) is 31.3 Å². The molecule has 0 aliphatic carbocycles. The second-order valence-corrected chi connectivity index (χ2v) is 7.92. The number of piperidine rings is 1. The van der Waals surface area contributed by atoms with Crippen LogP contribution in [0.25, 0.3) is 0 Å². The first kappa shape index (κ1) is 21.3. The predicted molar refractivity (Wildman–Crippen MR) is 122 cm³/mol. The van der Waals surface area contributed by atoms with Gasteiger partial charge in [-0.1, -0.05) is 12.1 Å². The lowest BCUT2D eigenvalue weighted by Gasteiger charge is -2.35. The lowest BCUT2D eigenvalue weighted by atomic mass is 10.0. The van der Waals surface area contributed by atoms with Crippen LogP contribution in [0.4, 0.5) is 11.4 Å². The van der Waals surface area contributed by atoms with Crippen LogP contribution >= 0.6 is 0 Å². The number of carbonyl (C=O) groups is 1. The molecule has 1 atom stereocenters. The third kappa shape index (κ3) is 4.88. The van der Waals surface area contributed by atoms with Crippen LogP contribution in [0, 0.1) is 0 Å². The molecule has 2 saturated heterocycles. The maximum atomic E-state index is 13.4. The van der Waals surface area contributed by atoms with Gasteiger partial charge >= 0.3 is 0 Å². The molecule has 0 radical (unpaired) electrons. The first-order chi connectivity index (χ1) is 15.2. The van der Waals surface area contributed by atoms with Gasteiger partial charge in [-0.05, 0) is 37.1 Å². The number of hydrogen-bond donors (Lipinski definition) is 1. The molecule has 7 heteroatoms. The second kappa shape index (κ2) is 9.92. The third-order valence-electron chi connectivity index (χ3n) is 5.95. The smallest absolute Gasteiger partial charge is 0.256 e. The molecular weight excluding hydrogens is 394 g/mol. The van der Waals surface area contributed by atoms with E-state index in [1.165, 1.54) is 0 Å². The van der Waals surface area contributed by atoms with E-state index in [1.807, 2.05) is 47.4 Å². The van der Waals surface area contributed by atoms with Crippen LogP contribution in [0.3, 0.4) is 0 Å². The van der Waals surface area contributed by atoms with Crippen LogP contribution in [-0.2, 0) is 4.74 Å². The summed E-state index contributed by atoms with van der Waals surface area (Å²) in [6, 6.07) is 13.9. The van der Waals surface area contributed by atoms with Crippen LogP contribution in [-0.4, -0.2) is 70.5 Å². The Labute approximate surface area is 183 Å². The van der Waals surface area contributed by atoms with Gasteiger partial charge in [0.05, 0.1) is 33.0 Å². The molecule has 2 aliphatic heterocycles. The molecule has 166 valence electrons. The number of hydrogen-bond acceptors (Lipinski definition) is 6. The molecule has 2 fully saturated rings. The number of likely N-dealkylation sites (tertiary alicyclic amines) is 1. The van der Waals surface area contributed by atoms with Crippen molar-refractivity contribution in [3.63, 3.8) is 0 Å². The molecule has 0 saturated carbocycles. The minimum absolute atomic E-state index is 0.0981. The van der Waals surface area contributed by atoms with Crippen LogP contribution in [0.1, 0.15) is 23.2 Å². The maximum absolute atomic E-state index is 13.4. The van der Waals surface area contributed by atoms with Crippen LogP contribution in [0.2, 0.25) is 0 Å². The molecule has 2 heterocycles. The van der Waals surface area contributed by atoms with Crippen molar-refractivity contribution < 1.29 is 19.0 Å². The summed E-state index contributed by atoms with van der Waals surface area (Å²) < 4.78 is 16.2. The van der Waals surface area contributed by atoms with Crippen molar-refractivity contribution >= 4 is 17.3 Å². The fourth-order valence-electron chi connectivity index (χ4n) is 4.35. The van der Waals surface area contributed by atoms with E-state index in [2.05, 4.69) is 10.2 Å². The van der Waals surface area contributed by atoms with Crippen molar-refractivity contribution in [2.45, 2.75) is 18.9 Å². The Morgan fingerprint density at radius 1 is 1.03 bits per heavy atom. The van der Waals surface area contributed by atoms with Crippen molar-refractivity contribution in [1.82, 2.24) is 4.90 Å². The number of amides is 1. The van der Waals surface area contributed by atoms with E-state index in [9.17, 15) is 4.79 Å². The zero-order valence-corrected chi connectivity index (χ0v) is 18.3. The molecule has 0 bridgehead atoms. The first-order valence-electron chi connectivity index (χ1n) is 10.9. The number of rotatable bonds is 6. The Bertz CT molecular complexity index is 898. The second-order valence-electron chi connectivity index (χ2n) is 7.92. The number of para-hydroxylation sites is 1. The molecule has 1 amide bonds. The maximum Gasteiger partial charge on any atom is 0.256 e. The van der Waals surface area contributed by atoms with Crippen LogP contribution < -0.4 is 19.7 Å². The summed E-state index contributed by atoms with van der Waals surface area (Å²) in [6.07, 6.45) is 1.99. The fourth-order valence-corrected chi connectivity index (χ4v) is 4.35. The summed E-state index contributed by atoms with van der Waals surface area (Å²) >= 11 is 0. The number of carbonyl (C=O) groups excluding carboxylic acids is 1. The van der Waals surface area contributed by atoms with Crippen LogP contribution in [0.5, 0.6) is 11.5 Å². The van der Waals surface area contributed by atoms with Gasteiger partial charge in [-0.25, -0.2) is 0 Å². The molecule has 1 N–H and O–H groups in total. The van der Waals surface area contributed by atoms with E-state index in [0.717, 1.165) is 49.4 Å². The van der Waals surface area contributed by atoms with Crippen molar-refractivity contribution in [1.29, 1.82) is 0 Å². The van der Waals surface area contributed by atoms with Gasteiger partial charge in [-0.15, -0.1) is 0 Å². The number of methoxy groups -OCH3 is 2. The van der Waals surface area contributed by atoms with Gasteiger partial charge in [0.1, 0.15) is 0 Å². The molecule has 0 spiro atoms. The summed E-state index contributed by atoms with van der Waals surface area (Å²) in [5.74, 6) is 1.49. The molecule has 0 aromatic heterocycles. The topological polar surface area (TPSA) is 63.3 Å². The summed E-state index contributed by atoms with van der Waals surface area (Å²) in [5.41, 5.74) is 2.74. The largest absolute Gasteiger partial charge is 0.493 e. The average Bonchev–Trinajstić information content (AvgIpc) is 2.84. The van der Waals surface area contributed by atoms with Crippen molar-refractivity contribution in [3.8, 4) is 11.5 Å². The quantitative estimate of drug-likeness (QED) is 0.767. The van der Waals surface area contributed by atoms with Gasteiger partial charge in [0, 0.05) is 49.7 Å². The predicted octanol–water partition coefficient (Wildman–Crippen LogP) is 3.26. The highest BCUT2D eigenvalue weighted by Crippen LogP contribution is 2.31. The number of ether oxygens (including phenoxy) is 3. The zero-order valence-electron chi connectivity index (χ0n) is 18.3. The minimum Gasteiger partial charge on any atom is -0.493 e. The number of benzene rings is 2. The Balaban J connectivity index is 1.46. The molecule has 2 aliphatic rings. The normalized spacial score (nSPS) is 19.1. The standard InChI is InChI=1S/C24H31N3O4/c1-29-22-10-9-18(16-23(22)30-2)25-19-6-5-11-27(17-19)24(28)20-7-3-4-8-21(20)26-12-14-31-15-13-26/h3-4,7-10,16,19,25H,5-6,11-15,17H2,1-2H3/t19-/m0/s1. The Hall–Kier alpha value is -2.93. The third-order valence-corrected chi connectivity index (χ3v) is 5.95. The highest BCUT2D eigenvalue weighted by atomic mass is 16.5. The number of nitrogens with zero attached hydrogens (tertiary/aromatic N) is 2. The molecule has 7 nitrogen and oxygen atoms in total. The van der Waals surface area contributed by atoms with Gasteiger partial charge in [0.25, 0.3) is 5.91 Å². The molecule has 4 rings (SSSR count). The molecular formula is C24H31N3O4. The lowest BCUT2D eigenvalue weighted by molar-refractivity contribution is 0.0714. The summed E-state index contributed by atoms with van der Waals surface area (Å²) in [7, 11) is 3.26. The van der Waals surface area contributed by atoms with E-state index in [1.54, 1.807) is 14.2 Å². The van der Waals surface area contributed by atoms with Crippen molar-refractivity contribution in [3.05, 3.63) is 48.0 Å². The van der Waals surface area contributed by atoms with Gasteiger partial charge in [-0.3, -0.25) is 4.79 Å². The monoisotopic (exact) mass is 425 g/mol. The number of morpholine rings is 1. The van der Waals surface area contributed by atoms with Gasteiger partial charge < -0.3 is 29.3 Å². The van der Waals surface area contributed by atoms with Gasteiger partial charge in [0.2, 0.25) is 0 Å². The summed E-state index contributed by atoms with van der Waals surface area (Å²) in [6.45, 7) is 4.47. The van der Waals surface area contributed by atoms with E-state index < -0.39 is 0 Å². The average molecular weight is 426 g/mol. The fraction of sp³-hybridized carbons (Fsp3) is 0.458. The summed E-state index contributed by atoms with van der Waals surface area (Å²) in [5, 5.41) is 3.56. The molecule has 2 aromatic rings. The minimum atomic E-state index is 0.0981. The Morgan fingerprint density at radius 3 is 2.58 bits per heavy atom. The highest BCUT2D eigenvalue weighted by molar-refractivity contribution is 6.00. The van der Waals surface area contributed by atoms with E-state index in [-0.39, 0.29) is 11.9 Å². The number of anilines is 2. The zero-order chi connectivity index (χ0) is 21.6. The Morgan fingerprint density at radius 2 is 1.81 bits per heavy atom. The van der Waals surface area contributed by atoms with Crippen LogP contribution in [0.15, 0.2) is 42.5 Å². The lowest BCUT2D eigenvalue weighted by Crippen LogP contribution is -2.46. The van der Waals surface area contributed by atoms with E-state index in [4.69, 9.17) is 14.2 Å². The highest BCUT2D eigenvalue weighted by Gasteiger charge is 2.27. The van der Waals surface area contributed by atoms with Crippen molar-refractivity contribution in [2.75, 3.05) is 63.8 Å². The molecule has 2 aromatic carbocycles. The summed E-state index contributed by atoms with van der Waals surface area (Å²) in [4.78, 5) is 17.7. The first-order valence-corrected chi connectivity index (χ1v) is 10.9. The number of nitrogens with one attached hydrogen (secondary N) is 1. The SMILES string of the molecule is COc1ccc(N[C@H]2CCCN(C(=O)c3ccccc3N3CCOCC3)C2)cc1OC. The van der Waals surface area contributed by atoms with Crippen molar-refractivity contribution in [2.24, 2.45) is 0 Å². The van der Waals surface area contributed by atoms with E-state index >= 15 is 0 Å². The van der Waals surface area contributed by atoms with Gasteiger partial charge in [-0.2, -0.15) is 0 Å². The Kier molecular flexibility index (Phi) is 6.82. The van der Waals surface area contributed by atoms with Gasteiger partial charge in [0.15, 0.2) is 11.5 Å².